The maximum atomic E-state index is 5.27. The Morgan fingerprint density at radius 3 is 2.45 bits per heavy atom. The highest BCUT2D eigenvalue weighted by molar-refractivity contribution is 5.62. The van der Waals surface area contributed by atoms with Crippen LogP contribution < -0.4 is 14.8 Å². The van der Waals surface area contributed by atoms with Crippen LogP contribution in [0.1, 0.15) is 0 Å². The fourth-order valence-electron chi connectivity index (χ4n) is 2.01. The van der Waals surface area contributed by atoms with Crippen LogP contribution in [0.4, 0.5) is 11.7 Å². The Morgan fingerprint density at radius 1 is 0.955 bits per heavy atom. The normalized spacial score (nSPS) is 10.3. The van der Waals surface area contributed by atoms with Crippen molar-refractivity contribution < 1.29 is 14.0 Å². The number of nitrogens with zero attached hydrogens (tertiary/aromatic N) is 2. The molecule has 112 valence electrons. The van der Waals surface area contributed by atoms with E-state index in [9.17, 15) is 0 Å². The van der Waals surface area contributed by atoms with Crippen molar-refractivity contribution in [3.63, 3.8) is 0 Å². The zero-order chi connectivity index (χ0) is 15.4. The van der Waals surface area contributed by atoms with Crippen LogP contribution in [0.2, 0.25) is 0 Å². The zero-order valence-corrected chi connectivity index (χ0v) is 12.2. The standard InChI is InChI=1S/C16H15N3O3/c1-20-13-9-8-11(10-14(13)21-2)15-18-16(22-19-15)17-12-6-4-3-5-7-12/h3-10H,1-2H3,(H,17,18,19). The molecule has 6 heteroatoms. The van der Waals surface area contributed by atoms with E-state index in [0.29, 0.717) is 23.3 Å². The molecule has 3 rings (SSSR count). The van der Waals surface area contributed by atoms with E-state index in [-0.39, 0.29) is 0 Å². The lowest BCUT2D eigenvalue weighted by Crippen LogP contribution is -1.92. The van der Waals surface area contributed by atoms with E-state index < -0.39 is 0 Å². The van der Waals surface area contributed by atoms with Gasteiger partial charge in [-0.3, -0.25) is 0 Å². The molecule has 3 aromatic rings. The highest BCUT2D eigenvalue weighted by Crippen LogP contribution is 2.31. The van der Waals surface area contributed by atoms with Gasteiger partial charge >= 0.3 is 6.01 Å². The van der Waals surface area contributed by atoms with Gasteiger partial charge in [-0.1, -0.05) is 23.4 Å². The lowest BCUT2D eigenvalue weighted by molar-refractivity contribution is 0.355. The molecule has 0 saturated heterocycles. The smallest absolute Gasteiger partial charge is 0.326 e. The van der Waals surface area contributed by atoms with Gasteiger partial charge in [0.05, 0.1) is 14.2 Å². The SMILES string of the molecule is COc1ccc(-c2noc(Nc3ccccc3)n2)cc1OC. The van der Waals surface area contributed by atoms with Crippen molar-refractivity contribution in [1.82, 2.24) is 10.1 Å². The molecule has 0 aliphatic carbocycles. The van der Waals surface area contributed by atoms with Crippen molar-refractivity contribution in [3.05, 3.63) is 48.5 Å². The Bertz CT molecular complexity index is 756. The summed E-state index contributed by atoms with van der Waals surface area (Å²) in [5, 5.41) is 7.02. The van der Waals surface area contributed by atoms with E-state index in [1.807, 2.05) is 36.4 Å². The number of ether oxygens (including phenoxy) is 2. The van der Waals surface area contributed by atoms with Gasteiger partial charge in [0, 0.05) is 11.3 Å². The van der Waals surface area contributed by atoms with Crippen molar-refractivity contribution in [2.75, 3.05) is 19.5 Å². The number of anilines is 2. The summed E-state index contributed by atoms with van der Waals surface area (Å²) >= 11 is 0. The third-order valence-corrected chi connectivity index (χ3v) is 3.09. The summed E-state index contributed by atoms with van der Waals surface area (Å²) < 4.78 is 15.7. The van der Waals surface area contributed by atoms with Crippen molar-refractivity contribution in [1.29, 1.82) is 0 Å². The molecule has 0 bridgehead atoms. The first-order valence-electron chi connectivity index (χ1n) is 6.68. The van der Waals surface area contributed by atoms with Crippen LogP contribution in [0.3, 0.4) is 0 Å². The van der Waals surface area contributed by atoms with E-state index in [1.54, 1.807) is 26.4 Å². The molecule has 1 heterocycles. The second-order valence-electron chi connectivity index (χ2n) is 4.48. The molecule has 0 aliphatic heterocycles. The van der Waals surface area contributed by atoms with Crippen molar-refractivity contribution in [3.8, 4) is 22.9 Å². The maximum absolute atomic E-state index is 5.27. The average Bonchev–Trinajstić information content (AvgIpc) is 3.03. The predicted octanol–water partition coefficient (Wildman–Crippen LogP) is 3.50. The predicted molar refractivity (Wildman–Crippen MR) is 82.6 cm³/mol. The van der Waals surface area contributed by atoms with Gasteiger partial charge in [-0.2, -0.15) is 4.98 Å². The van der Waals surface area contributed by atoms with Crippen LogP contribution in [0.15, 0.2) is 53.1 Å². The Kier molecular flexibility index (Phi) is 3.91. The largest absolute Gasteiger partial charge is 0.493 e. The molecule has 2 aromatic carbocycles. The molecule has 0 fully saturated rings. The lowest BCUT2D eigenvalue weighted by atomic mass is 10.2. The first-order valence-corrected chi connectivity index (χ1v) is 6.68. The molecule has 0 spiro atoms. The Balaban J connectivity index is 1.84. The minimum Gasteiger partial charge on any atom is -0.493 e. The van der Waals surface area contributed by atoms with Gasteiger partial charge in [-0.25, -0.2) is 0 Å². The second kappa shape index (κ2) is 6.17. The van der Waals surface area contributed by atoms with Crippen LogP contribution in [0.25, 0.3) is 11.4 Å². The van der Waals surface area contributed by atoms with E-state index in [4.69, 9.17) is 14.0 Å². The molecular formula is C16H15N3O3. The first kappa shape index (κ1) is 13.9. The summed E-state index contributed by atoms with van der Waals surface area (Å²) in [6.45, 7) is 0. The van der Waals surface area contributed by atoms with E-state index in [2.05, 4.69) is 15.5 Å². The third kappa shape index (κ3) is 2.85. The van der Waals surface area contributed by atoms with E-state index >= 15 is 0 Å². The minimum absolute atomic E-state index is 0.330. The minimum atomic E-state index is 0.330. The van der Waals surface area contributed by atoms with Gasteiger partial charge in [0.2, 0.25) is 5.82 Å². The van der Waals surface area contributed by atoms with Crippen LogP contribution in [0.5, 0.6) is 11.5 Å². The summed E-state index contributed by atoms with van der Waals surface area (Å²) in [5.41, 5.74) is 1.66. The fraction of sp³-hybridized carbons (Fsp3) is 0.125. The van der Waals surface area contributed by atoms with Crippen LogP contribution in [-0.2, 0) is 0 Å². The summed E-state index contributed by atoms with van der Waals surface area (Å²) in [5.74, 6) is 1.74. The topological polar surface area (TPSA) is 69.4 Å². The molecule has 0 aliphatic rings. The molecule has 0 saturated carbocycles. The molecule has 0 unspecified atom stereocenters. The second-order valence-corrected chi connectivity index (χ2v) is 4.48. The number of benzene rings is 2. The summed E-state index contributed by atoms with van der Waals surface area (Å²) in [6, 6.07) is 15.4. The number of methoxy groups -OCH3 is 2. The number of hydrogen-bond donors (Lipinski definition) is 1. The Labute approximate surface area is 127 Å². The van der Waals surface area contributed by atoms with Gasteiger partial charge in [0.25, 0.3) is 0 Å². The zero-order valence-electron chi connectivity index (χ0n) is 12.2. The van der Waals surface area contributed by atoms with Crippen molar-refractivity contribution in [2.45, 2.75) is 0 Å². The van der Waals surface area contributed by atoms with Gasteiger partial charge in [-0.05, 0) is 30.3 Å². The van der Waals surface area contributed by atoms with Crippen LogP contribution in [0, 0.1) is 0 Å². The molecule has 0 radical (unpaired) electrons. The quantitative estimate of drug-likeness (QED) is 0.777. The van der Waals surface area contributed by atoms with Crippen molar-refractivity contribution in [2.24, 2.45) is 0 Å². The molecule has 0 amide bonds. The molecular weight excluding hydrogens is 282 g/mol. The van der Waals surface area contributed by atoms with Gasteiger partial charge in [-0.15, -0.1) is 0 Å². The number of rotatable bonds is 5. The summed E-state index contributed by atoms with van der Waals surface area (Å²) in [7, 11) is 3.17. The monoisotopic (exact) mass is 297 g/mol. The van der Waals surface area contributed by atoms with Gasteiger partial charge in [0.15, 0.2) is 11.5 Å². The molecule has 1 aromatic heterocycles. The number of para-hydroxylation sites is 1. The number of hydrogen-bond acceptors (Lipinski definition) is 6. The highest BCUT2D eigenvalue weighted by atomic mass is 16.5. The van der Waals surface area contributed by atoms with Crippen LogP contribution >= 0.6 is 0 Å². The van der Waals surface area contributed by atoms with Crippen LogP contribution in [-0.4, -0.2) is 24.4 Å². The first-order chi connectivity index (χ1) is 10.8. The fourth-order valence-corrected chi connectivity index (χ4v) is 2.01. The van der Waals surface area contributed by atoms with Gasteiger partial charge < -0.3 is 19.3 Å². The summed E-state index contributed by atoms with van der Waals surface area (Å²) in [4.78, 5) is 4.32. The lowest BCUT2D eigenvalue weighted by Gasteiger charge is -2.07. The molecule has 22 heavy (non-hydrogen) atoms. The summed E-state index contributed by atoms with van der Waals surface area (Å²) in [6.07, 6.45) is 0. The molecule has 6 nitrogen and oxygen atoms in total. The number of nitrogens with one attached hydrogen (secondary N) is 1. The van der Waals surface area contributed by atoms with E-state index in [1.165, 1.54) is 0 Å². The molecule has 1 N–H and O–H groups in total. The van der Waals surface area contributed by atoms with Gasteiger partial charge in [0.1, 0.15) is 0 Å². The van der Waals surface area contributed by atoms with E-state index in [0.717, 1.165) is 11.3 Å². The molecule has 0 atom stereocenters. The highest BCUT2D eigenvalue weighted by Gasteiger charge is 2.12. The maximum Gasteiger partial charge on any atom is 0.326 e. The van der Waals surface area contributed by atoms with Crippen molar-refractivity contribution >= 4 is 11.7 Å². The Morgan fingerprint density at radius 2 is 1.73 bits per heavy atom. The number of aromatic nitrogens is 2. The third-order valence-electron chi connectivity index (χ3n) is 3.09. The average molecular weight is 297 g/mol. The Hall–Kier alpha value is -3.02.